The first-order valence-electron chi connectivity index (χ1n) is 11.8. The lowest BCUT2D eigenvalue weighted by Crippen LogP contribution is -2.22. The molecule has 0 aliphatic carbocycles. The van der Waals surface area contributed by atoms with Gasteiger partial charge >= 0.3 is 5.97 Å². The standard InChI is InChI=1S/C27H24ClN7O3/c1-14-11-17(15(2)30-21-7-8-22(28)31-24(21)27(37)38)23-18(12-14)26(36)35(4)25(32-23)16-5-6-19(29-13-16)20-9-10-34(3)33-20/h5-13,15,30H,1-4H3,(H,37,38)/t15-/m1/s1. The van der Waals surface area contributed by atoms with E-state index in [0.717, 1.165) is 16.8 Å². The van der Waals surface area contributed by atoms with Gasteiger partial charge in [-0.25, -0.2) is 14.8 Å². The predicted octanol–water partition coefficient (Wildman–Crippen LogP) is 4.62. The molecule has 1 atom stereocenters. The first-order valence-corrected chi connectivity index (χ1v) is 12.1. The van der Waals surface area contributed by atoms with E-state index < -0.39 is 12.0 Å². The van der Waals surface area contributed by atoms with Gasteiger partial charge in [-0.2, -0.15) is 5.10 Å². The summed E-state index contributed by atoms with van der Waals surface area (Å²) in [6.07, 6.45) is 3.52. The molecule has 5 rings (SSSR count). The quantitative estimate of drug-likeness (QED) is 0.305. The second-order valence-electron chi connectivity index (χ2n) is 9.06. The van der Waals surface area contributed by atoms with Gasteiger partial charge in [0.1, 0.15) is 16.7 Å². The minimum Gasteiger partial charge on any atom is -0.476 e. The van der Waals surface area contributed by atoms with Crippen LogP contribution >= 0.6 is 11.6 Å². The van der Waals surface area contributed by atoms with Crippen molar-refractivity contribution in [1.82, 2.24) is 29.3 Å². The van der Waals surface area contributed by atoms with E-state index in [0.29, 0.717) is 33.7 Å². The van der Waals surface area contributed by atoms with E-state index in [9.17, 15) is 14.7 Å². The van der Waals surface area contributed by atoms with Crippen molar-refractivity contribution in [3.05, 3.63) is 87.2 Å². The number of anilines is 1. The van der Waals surface area contributed by atoms with Gasteiger partial charge in [-0.15, -0.1) is 0 Å². The number of fused-ring (bicyclic) bond motifs is 1. The molecular formula is C27H24ClN7O3. The Bertz CT molecular complexity index is 1760. The Hall–Kier alpha value is -4.57. The Balaban J connectivity index is 1.60. The Morgan fingerprint density at radius 2 is 1.87 bits per heavy atom. The molecule has 0 aliphatic rings. The molecule has 11 heteroatoms. The summed E-state index contributed by atoms with van der Waals surface area (Å²) < 4.78 is 3.21. The van der Waals surface area contributed by atoms with E-state index in [2.05, 4.69) is 20.4 Å². The lowest BCUT2D eigenvalue weighted by atomic mass is 10.0. The van der Waals surface area contributed by atoms with E-state index in [1.165, 1.54) is 10.6 Å². The van der Waals surface area contributed by atoms with Crippen LogP contribution in [0.2, 0.25) is 5.15 Å². The number of rotatable bonds is 6. The van der Waals surface area contributed by atoms with E-state index in [1.54, 1.807) is 30.1 Å². The summed E-state index contributed by atoms with van der Waals surface area (Å²) in [5, 5.41) is 17.7. The van der Waals surface area contributed by atoms with Gasteiger partial charge < -0.3 is 10.4 Å². The molecular weight excluding hydrogens is 506 g/mol. The number of aryl methyl sites for hydroxylation is 2. The Morgan fingerprint density at radius 1 is 1.08 bits per heavy atom. The van der Waals surface area contributed by atoms with Crippen molar-refractivity contribution in [2.45, 2.75) is 19.9 Å². The maximum atomic E-state index is 13.4. The number of aromatic nitrogens is 6. The molecule has 0 bridgehead atoms. The van der Waals surface area contributed by atoms with Gasteiger partial charge in [0.25, 0.3) is 5.56 Å². The minimum absolute atomic E-state index is 0.0825. The molecule has 192 valence electrons. The first kappa shape index (κ1) is 25.1. The molecule has 0 saturated heterocycles. The van der Waals surface area contributed by atoms with Crippen LogP contribution in [0.15, 0.2) is 59.7 Å². The zero-order chi connectivity index (χ0) is 27.1. The van der Waals surface area contributed by atoms with Crippen LogP contribution in [0.5, 0.6) is 0 Å². The largest absolute Gasteiger partial charge is 0.476 e. The summed E-state index contributed by atoms with van der Waals surface area (Å²) in [5.41, 5.74) is 4.18. The first-order chi connectivity index (χ1) is 18.1. The number of carbonyl (C=O) groups is 1. The number of hydrogen-bond donors (Lipinski definition) is 2. The predicted molar refractivity (Wildman–Crippen MR) is 145 cm³/mol. The summed E-state index contributed by atoms with van der Waals surface area (Å²) in [6.45, 7) is 3.77. The normalized spacial score (nSPS) is 12.0. The van der Waals surface area contributed by atoms with Crippen LogP contribution in [0, 0.1) is 6.92 Å². The molecule has 0 amide bonds. The lowest BCUT2D eigenvalue weighted by Gasteiger charge is -2.20. The highest BCUT2D eigenvalue weighted by Gasteiger charge is 2.20. The third kappa shape index (κ3) is 4.61. The average Bonchev–Trinajstić information content (AvgIpc) is 3.33. The van der Waals surface area contributed by atoms with E-state index in [1.807, 2.05) is 51.4 Å². The van der Waals surface area contributed by atoms with Crippen LogP contribution in [0.1, 0.15) is 34.6 Å². The van der Waals surface area contributed by atoms with Gasteiger partial charge in [0.2, 0.25) is 0 Å². The highest BCUT2D eigenvalue weighted by Crippen LogP contribution is 2.29. The maximum absolute atomic E-state index is 13.4. The van der Waals surface area contributed by atoms with Crippen LogP contribution in [-0.4, -0.2) is 40.4 Å². The lowest BCUT2D eigenvalue weighted by molar-refractivity contribution is 0.0691. The van der Waals surface area contributed by atoms with Crippen molar-refractivity contribution >= 4 is 34.2 Å². The number of benzene rings is 1. The Labute approximate surface area is 222 Å². The molecule has 4 aromatic heterocycles. The number of hydrogen-bond acceptors (Lipinski definition) is 7. The monoisotopic (exact) mass is 529 g/mol. The van der Waals surface area contributed by atoms with Gasteiger partial charge in [-0.05, 0) is 55.8 Å². The third-order valence-electron chi connectivity index (χ3n) is 6.25. The summed E-state index contributed by atoms with van der Waals surface area (Å²) >= 11 is 5.91. The fourth-order valence-corrected chi connectivity index (χ4v) is 4.54. The SMILES string of the molecule is Cc1cc([C@@H](C)Nc2ccc(Cl)nc2C(=O)O)c2nc(-c3ccc(-c4ccn(C)n4)nc3)n(C)c(=O)c2c1. The molecule has 0 radical (unpaired) electrons. The second-order valence-corrected chi connectivity index (χ2v) is 9.45. The number of carboxylic acid groups (broad SMARTS) is 1. The van der Waals surface area contributed by atoms with E-state index in [-0.39, 0.29) is 16.4 Å². The molecule has 1 aromatic carbocycles. The zero-order valence-corrected chi connectivity index (χ0v) is 21.9. The number of carboxylic acids is 1. The van der Waals surface area contributed by atoms with Gasteiger partial charge in [-0.1, -0.05) is 17.7 Å². The topological polar surface area (TPSA) is 128 Å². The van der Waals surface area contributed by atoms with Crippen molar-refractivity contribution < 1.29 is 9.90 Å². The zero-order valence-electron chi connectivity index (χ0n) is 21.1. The summed E-state index contributed by atoms with van der Waals surface area (Å²) in [7, 11) is 3.52. The summed E-state index contributed by atoms with van der Waals surface area (Å²) in [5.74, 6) is -0.744. The van der Waals surface area contributed by atoms with Crippen molar-refractivity contribution in [3.8, 4) is 22.8 Å². The third-order valence-corrected chi connectivity index (χ3v) is 6.46. The molecule has 0 aliphatic heterocycles. The van der Waals surface area contributed by atoms with E-state index >= 15 is 0 Å². The van der Waals surface area contributed by atoms with Gasteiger partial charge in [-0.3, -0.25) is 19.0 Å². The number of nitrogens with one attached hydrogen (secondary N) is 1. The molecule has 38 heavy (non-hydrogen) atoms. The fraction of sp³-hybridized carbons (Fsp3) is 0.185. The molecule has 0 spiro atoms. The number of aromatic carboxylic acids is 1. The maximum Gasteiger partial charge on any atom is 0.356 e. The number of halogens is 1. The number of pyridine rings is 2. The molecule has 0 saturated carbocycles. The van der Waals surface area contributed by atoms with E-state index in [4.69, 9.17) is 16.6 Å². The molecule has 4 heterocycles. The van der Waals surface area contributed by atoms with Crippen LogP contribution < -0.4 is 10.9 Å². The van der Waals surface area contributed by atoms with Crippen LogP contribution in [0.3, 0.4) is 0 Å². The molecule has 0 unspecified atom stereocenters. The summed E-state index contributed by atoms with van der Waals surface area (Å²) in [4.78, 5) is 38.5. The minimum atomic E-state index is -1.20. The molecule has 2 N–H and O–H groups in total. The Morgan fingerprint density at radius 3 is 2.53 bits per heavy atom. The van der Waals surface area contributed by atoms with Crippen LogP contribution in [0.4, 0.5) is 5.69 Å². The molecule has 10 nitrogen and oxygen atoms in total. The van der Waals surface area contributed by atoms with Crippen LogP contribution in [0.25, 0.3) is 33.7 Å². The fourth-order valence-electron chi connectivity index (χ4n) is 4.40. The van der Waals surface area contributed by atoms with Crippen molar-refractivity contribution in [2.24, 2.45) is 14.1 Å². The van der Waals surface area contributed by atoms with Gasteiger partial charge in [0.05, 0.1) is 28.3 Å². The highest BCUT2D eigenvalue weighted by molar-refractivity contribution is 6.29. The van der Waals surface area contributed by atoms with Crippen molar-refractivity contribution in [2.75, 3.05) is 5.32 Å². The smallest absolute Gasteiger partial charge is 0.356 e. The number of nitrogens with zero attached hydrogens (tertiary/aromatic N) is 6. The molecule has 5 aromatic rings. The molecule has 0 fully saturated rings. The van der Waals surface area contributed by atoms with Crippen molar-refractivity contribution in [1.29, 1.82) is 0 Å². The average molecular weight is 530 g/mol. The summed E-state index contributed by atoms with van der Waals surface area (Å²) in [6, 6.07) is 12.0. The van der Waals surface area contributed by atoms with Gasteiger partial charge in [0.15, 0.2) is 5.69 Å². The van der Waals surface area contributed by atoms with Gasteiger partial charge in [0, 0.05) is 37.6 Å². The second kappa shape index (κ2) is 9.71. The van der Waals surface area contributed by atoms with Crippen LogP contribution in [-0.2, 0) is 14.1 Å². The Kier molecular flexibility index (Phi) is 6.41. The highest BCUT2D eigenvalue weighted by atomic mass is 35.5. The van der Waals surface area contributed by atoms with Crippen molar-refractivity contribution in [3.63, 3.8) is 0 Å².